The Morgan fingerprint density at radius 2 is 0.908 bits per heavy atom. The van der Waals surface area contributed by atoms with Crippen LogP contribution in [-0.4, -0.2) is 89.0 Å². The standard InChI is InChI=1S/C55H98O10/c1-3-5-7-9-11-13-15-17-19-21-22-23-24-25-26-28-29-31-33-35-37-39-41-43-50(57)62-46-48(47-63-55-54(61)53(60)52(59)49(45-56)65-55)64-51(58)44-42-40-38-36-34-32-30-27-20-18-16-14-12-10-8-6-4-2/h6,8,12,14,18,20-22,48-49,52-56,59-61H,3-5,7,9-11,13,15-17,19,23-47H2,1-2H3/b8-6-,14-12-,20-18-,22-21-. The Morgan fingerprint density at radius 3 is 1.38 bits per heavy atom. The van der Waals surface area contributed by atoms with E-state index in [4.69, 9.17) is 18.9 Å². The van der Waals surface area contributed by atoms with Crippen LogP contribution in [0.15, 0.2) is 48.6 Å². The Bertz CT molecular complexity index is 1200. The van der Waals surface area contributed by atoms with Gasteiger partial charge in [0, 0.05) is 12.8 Å². The van der Waals surface area contributed by atoms with Crippen molar-refractivity contribution in [3.8, 4) is 0 Å². The predicted octanol–water partition coefficient (Wildman–Crippen LogP) is 12.8. The molecule has 0 aromatic rings. The normalized spacial score (nSPS) is 19.6. The molecule has 0 aromatic carbocycles. The Kier molecular flexibility index (Phi) is 42.4. The van der Waals surface area contributed by atoms with E-state index < -0.39 is 49.4 Å². The van der Waals surface area contributed by atoms with Gasteiger partial charge in [-0.05, 0) is 70.6 Å². The smallest absolute Gasteiger partial charge is 0.306 e. The van der Waals surface area contributed by atoms with Crippen LogP contribution >= 0.6 is 0 Å². The van der Waals surface area contributed by atoms with Crippen molar-refractivity contribution < 1.29 is 49.0 Å². The molecule has 0 saturated carbocycles. The minimum Gasteiger partial charge on any atom is -0.462 e. The summed E-state index contributed by atoms with van der Waals surface area (Å²) in [7, 11) is 0. The van der Waals surface area contributed by atoms with Gasteiger partial charge in [0.15, 0.2) is 12.4 Å². The van der Waals surface area contributed by atoms with E-state index in [1.807, 2.05) is 0 Å². The van der Waals surface area contributed by atoms with Gasteiger partial charge in [-0.1, -0.05) is 197 Å². The zero-order valence-corrected chi connectivity index (χ0v) is 41.5. The number of allylic oxidation sites excluding steroid dienone is 8. The summed E-state index contributed by atoms with van der Waals surface area (Å²) in [6, 6.07) is 0. The second kappa shape index (κ2) is 45.4. The lowest BCUT2D eigenvalue weighted by Crippen LogP contribution is -2.59. The highest BCUT2D eigenvalue weighted by Crippen LogP contribution is 2.23. The summed E-state index contributed by atoms with van der Waals surface area (Å²) in [5, 5.41) is 40.2. The minimum atomic E-state index is -1.60. The molecule has 1 rings (SSSR count). The van der Waals surface area contributed by atoms with Gasteiger partial charge in [-0.2, -0.15) is 0 Å². The topological polar surface area (TPSA) is 152 Å². The van der Waals surface area contributed by atoms with Gasteiger partial charge >= 0.3 is 11.9 Å². The first-order valence-corrected chi connectivity index (χ1v) is 26.7. The number of rotatable bonds is 45. The first-order valence-electron chi connectivity index (χ1n) is 26.7. The van der Waals surface area contributed by atoms with Crippen LogP contribution in [0.4, 0.5) is 0 Å². The zero-order valence-electron chi connectivity index (χ0n) is 41.5. The molecule has 1 saturated heterocycles. The van der Waals surface area contributed by atoms with E-state index in [9.17, 15) is 30.0 Å². The fourth-order valence-corrected chi connectivity index (χ4v) is 8.02. The number of carbonyl (C=O) groups excluding carboxylic acids is 2. The predicted molar refractivity (Wildman–Crippen MR) is 265 cm³/mol. The van der Waals surface area contributed by atoms with Crippen LogP contribution < -0.4 is 0 Å². The number of aliphatic hydroxyl groups excluding tert-OH is 4. The van der Waals surface area contributed by atoms with Crippen molar-refractivity contribution in [3.05, 3.63) is 48.6 Å². The number of esters is 2. The van der Waals surface area contributed by atoms with Crippen molar-refractivity contribution in [3.63, 3.8) is 0 Å². The third-order valence-corrected chi connectivity index (χ3v) is 12.2. The van der Waals surface area contributed by atoms with Crippen molar-refractivity contribution in [1.29, 1.82) is 0 Å². The molecule has 4 N–H and O–H groups in total. The molecule has 10 nitrogen and oxygen atoms in total. The number of carbonyl (C=O) groups is 2. The van der Waals surface area contributed by atoms with E-state index in [1.54, 1.807) is 0 Å². The zero-order chi connectivity index (χ0) is 47.3. The molecule has 1 aliphatic rings. The van der Waals surface area contributed by atoms with Crippen LogP contribution in [0.3, 0.4) is 0 Å². The number of unbranched alkanes of at least 4 members (excludes halogenated alkanes) is 26. The molecule has 378 valence electrons. The highest BCUT2D eigenvalue weighted by molar-refractivity contribution is 5.70. The number of aliphatic hydroxyl groups is 4. The second-order valence-corrected chi connectivity index (χ2v) is 18.3. The van der Waals surface area contributed by atoms with E-state index in [0.717, 1.165) is 64.2 Å². The lowest BCUT2D eigenvalue weighted by atomic mass is 9.99. The molecule has 0 spiro atoms. The SMILES string of the molecule is CC/C=C\C/C=C\C/C=C\CCCCCCCCCC(=O)OC(COC(=O)CCCCCCCCCCCCC/C=C\CCCCCCCCCC)COC1OC(CO)C(O)C(O)C1O. The van der Waals surface area contributed by atoms with Crippen molar-refractivity contribution in [2.75, 3.05) is 19.8 Å². The monoisotopic (exact) mass is 919 g/mol. The van der Waals surface area contributed by atoms with Crippen LogP contribution in [0.5, 0.6) is 0 Å². The summed E-state index contributed by atoms with van der Waals surface area (Å²) in [4.78, 5) is 25.5. The number of hydrogen-bond donors (Lipinski definition) is 4. The van der Waals surface area contributed by atoms with Crippen LogP contribution in [-0.2, 0) is 28.5 Å². The first kappa shape index (κ1) is 60.7. The summed E-state index contributed by atoms with van der Waals surface area (Å²) in [5.74, 6) is -0.813. The van der Waals surface area contributed by atoms with Gasteiger partial charge in [0.25, 0.3) is 0 Å². The van der Waals surface area contributed by atoms with Crippen LogP contribution in [0.2, 0.25) is 0 Å². The molecule has 65 heavy (non-hydrogen) atoms. The Labute approximate surface area is 397 Å². The first-order chi connectivity index (χ1) is 31.8. The van der Waals surface area contributed by atoms with Crippen LogP contribution in [0, 0.1) is 0 Å². The van der Waals surface area contributed by atoms with Gasteiger partial charge in [0.1, 0.15) is 31.0 Å². The molecule has 6 atom stereocenters. The van der Waals surface area contributed by atoms with E-state index in [0.29, 0.717) is 6.42 Å². The molecule has 1 heterocycles. The lowest BCUT2D eigenvalue weighted by molar-refractivity contribution is -0.305. The molecule has 1 aliphatic heterocycles. The van der Waals surface area contributed by atoms with Gasteiger partial charge < -0.3 is 39.4 Å². The van der Waals surface area contributed by atoms with Gasteiger partial charge in [0.2, 0.25) is 0 Å². The van der Waals surface area contributed by atoms with E-state index in [-0.39, 0.29) is 32.0 Å². The molecule has 0 aromatic heterocycles. The molecule has 6 unspecified atom stereocenters. The van der Waals surface area contributed by atoms with Crippen LogP contribution in [0.1, 0.15) is 232 Å². The van der Waals surface area contributed by atoms with E-state index in [2.05, 4.69) is 62.5 Å². The fourth-order valence-electron chi connectivity index (χ4n) is 8.02. The maximum Gasteiger partial charge on any atom is 0.306 e. The highest BCUT2D eigenvalue weighted by Gasteiger charge is 2.44. The van der Waals surface area contributed by atoms with Crippen molar-refractivity contribution >= 4 is 11.9 Å². The van der Waals surface area contributed by atoms with Gasteiger partial charge in [-0.15, -0.1) is 0 Å². The lowest BCUT2D eigenvalue weighted by Gasteiger charge is -2.39. The van der Waals surface area contributed by atoms with E-state index in [1.165, 1.54) is 135 Å². The molecule has 0 bridgehead atoms. The van der Waals surface area contributed by atoms with Gasteiger partial charge in [0.05, 0.1) is 13.2 Å². The Balaban J connectivity index is 2.23. The third kappa shape index (κ3) is 36.4. The molecule has 0 radical (unpaired) electrons. The molecule has 1 fully saturated rings. The minimum absolute atomic E-state index is 0.218. The van der Waals surface area contributed by atoms with Crippen molar-refractivity contribution in [2.45, 2.75) is 269 Å². The summed E-state index contributed by atoms with van der Waals surface area (Å²) in [6.07, 6.45) is 48.4. The summed E-state index contributed by atoms with van der Waals surface area (Å²) in [6.45, 7) is 3.33. The average molecular weight is 919 g/mol. The van der Waals surface area contributed by atoms with Crippen molar-refractivity contribution in [1.82, 2.24) is 0 Å². The van der Waals surface area contributed by atoms with Crippen molar-refractivity contribution in [2.24, 2.45) is 0 Å². The summed E-state index contributed by atoms with van der Waals surface area (Å²) < 4.78 is 22.3. The Morgan fingerprint density at radius 1 is 0.492 bits per heavy atom. The van der Waals surface area contributed by atoms with Gasteiger partial charge in [-0.25, -0.2) is 0 Å². The Hall–Kier alpha value is -2.34. The summed E-state index contributed by atoms with van der Waals surface area (Å²) >= 11 is 0. The third-order valence-electron chi connectivity index (χ3n) is 12.2. The second-order valence-electron chi connectivity index (χ2n) is 18.3. The van der Waals surface area contributed by atoms with E-state index >= 15 is 0 Å². The fraction of sp³-hybridized carbons (Fsp3) is 0.818. The molecular formula is C55H98O10. The molecular weight excluding hydrogens is 821 g/mol. The quantitative estimate of drug-likeness (QED) is 0.0264. The maximum atomic E-state index is 12.8. The molecule has 10 heteroatoms. The number of hydrogen-bond acceptors (Lipinski definition) is 10. The molecule has 0 aliphatic carbocycles. The molecule has 0 amide bonds. The highest BCUT2D eigenvalue weighted by atomic mass is 16.7. The number of ether oxygens (including phenoxy) is 4. The average Bonchev–Trinajstić information content (AvgIpc) is 3.30. The maximum absolute atomic E-state index is 12.8. The largest absolute Gasteiger partial charge is 0.462 e. The summed E-state index contributed by atoms with van der Waals surface area (Å²) in [5.41, 5.74) is 0. The van der Waals surface area contributed by atoms with Crippen LogP contribution in [0.25, 0.3) is 0 Å². The van der Waals surface area contributed by atoms with Gasteiger partial charge in [-0.3, -0.25) is 9.59 Å².